The van der Waals surface area contributed by atoms with E-state index in [1.165, 1.54) is 16.7 Å². The topological polar surface area (TPSA) is 86.0 Å². The molecule has 34 heavy (non-hydrogen) atoms. The Balaban J connectivity index is 1.05. The van der Waals surface area contributed by atoms with E-state index in [1.54, 1.807) is 12.5 Å². The summed E-state index contributed by atoms with van der Waals surface area (Å²) < 4.78 is 17.7. The van der Waals surface area contributed by atoms with Gasteiger partial charge in [-0.25, -0.2) is 9.97 Å². The monoisotopic (exact) mass is 455 g/mol. The van der Waals surface area contributed by atoms with Crippen molar-refractivity contribution in [1.29, 1.82) is 0 Å². The van der Waals surface area contributed by atoms with Crippen molar-refractivity contribution >= 4 is 5.95 Å². The highest BCUT2D eigenvalue weighted by molar-refractivity contribution is 5.63. The summed E-state index contributed by atoms with van der Waals surface area (Å²) in [7, 11) is 0. The first-order valence-corrected chi connectivity index (χ1v) is 11.7. The van der Waals surface area contributed by atoms with E-state index in [9.17, 15) is 0 Å². The Kier molecular flexibility index (Phi) is 5.81. The standard InChI is InChI=1S/C27H26N4O3/c1-2-5-19(6-3-1)20-10-8-18(9-11-20)15-29-22-16-33-26-23(17-34-25(22)26)31-27-28-13-12-21(30-27)24-7-4-14-32-24/h1-14,22-23,25-26,29H,15-17H2,(H,28,30,31)/p+1/t22-,23-,25+,26+/m0/s1. The molecule has 7 nitrogen and oxygen atoms in total. The SMILES string of the molecule is c1ccc(-c2ccc(C[NH2+][C@H]3CO[C@H]4[C@@H]3OC[C@@H]4Nc3nccc(-c4ccco4)n3)cc2)cc1. The maximum atomic E-state index is 6.15. The zero-order valence-electron chi connectivity index (χ0n) is 18.7. The first kappa shape index (κ1) is 21.0. The highest BCUT2D eigenvalue weighted by Crippen LogP contribution is 2.28. The number of fused-ring (bicyclic) bond motifs is 1. The van der Waals surface area contributed by atoms with Crippen LogP contribution < -0.4 is 10.6 Å². The van der Waals surface area contributed by atoms with Crippen LogP contribution in [0, 0.1) is 0 Å². The van der Waals surface area contributed by atoms with Crippen LogP contribution in [0.5, 0.6) is 0 Å². The molecule has 6 rings (SSSR count). The molecule has 2 aliphatic heterocycles. The second kappa shape index (κ2) is 9.38. The fourth-order valence-electron chi connectivity index (χ4n) is 4.76. The maximum Gasteiger partial charge on any atom is 0.223 e. The van der Waals surface area contributed by atoms with Gasteiger partial charge in [-0.15, -0.1) is 0 Å². The van der Waals surface area contributed by atoms with E-state index in [4.69, 9.17) is 13.9 Å². The quantitative estimate of drug-likeness (QED) is 0.445. The van der Waals surface area contributed by atoms with Crippen molar-refractivity contribution in [3.63, 3.8) is 0 Å². The number of ether oxygens (including phenoxy) is 2. The molecule has 0 aliphatic carbocycles. The summed E-state index contributed by atoms with van der Waals surface area (Å²) in [4.78, 5) is 8.95. The van der Waals surface area contributed by atoms with Crippen molar-refractivity contribution < 1.29 is 19.2 Å². The molecule has 4 heterocycles. The number of quaternary nitrogens is 1. The van der Waals surface area contributed by atoms with Gasteiger partial charge >= 0.3 is 0 Å². The number of nitrogens with zero attached hydrogens (tertiary/aromatic N) is 2. The number of furan rings is 1. The van der Waals surface area contributed by atoms with Gasteiger partial charge in [0, 0.05) is 11.8 Å². The van der Waals surface area contributed by atoms with Gasteiger partial charge in [-0.05, 0) is 29.3 Å². The van der Waals surface area contributed by atoms with Crippen LogP contribution in [0.1, 0.15) is 5.56 Å². The molecule has 2 aliphatic rings. The molecule has 172 valence electrons. The van der Waals surface area contributed by atoms with Gasteiger partial charge in [0.05, 0.1) is 18.9 Å². The summed E-state index contributed by atoms with van der Waals surface area (Å²) in [5, 5.41) is 5.73. The van der Waals surface area contributed by atoms with Crippen LogP contribution in [0.15, 0.2) is 89.7 Å². The van der Waals surface area contributed by atoms with E-state index in [0.29, 0.717) is 19.2 Å². The third-order valence-electron chi connectivity index (χ3n) is 6.55. The van der Waals surface area contributed by atoms with Gasteiger partial charge in [0.25, 0.3) is 0 Å². The zero-order chi connectivity index (χ0) is 22.7. The van der Waals surface area contributed by atoms with Crippen LogP contribution >= 0.6 is 0 Å². The largest absolute Gasteiger partial charge is 0.463 e. The van der Waals surface area contributed by atoms with Crippen LogP contribution in [0.4, 0.5) is 5.95 Å². The summed E-state index contributed by atoms with van der Waals surface area (Å²) in [6.07, 6.45) is 3.41. The Morgan fingerprint density at radius 1 is 0.853 bits per heavy atom. The number of anilines is 1. The van der Waals surface area contributed by atoms with E-state index in [2.05, 4.69) is 69.1 Å². The van der Waals surface area contributed by atoms with Gasteiger partial charge < -0.3 is 24.5 Å². The summed E-state index contributed by atoms with van der Waals surface area (Å²) in [6, 6.07) is 25.1. The van der Waals surface area contributed by atoms with Gasteiger partial charge in [0.15, 0.2) is 5.76 Å². The lowest BCUT2D eigenvalue weighted by Gasteiger charge is -2.17. The molecule has 0 spiro atoms. The number of nitrogens with two attached hydrogens (primary N) is 1. The molecular formula is C27H27N4O3+. The van der Waals surface area contributed by atoms with Crippen LogP contribution in [0.25, 0.3) is 22.6 Å². The third-order valence-corrected chi connectivity index (χ3v) is 6.55. The average molecular weight is 456 g/mol. The Morgan fingerprint density at radius 2 is 1.68 bits per heavy atom. The normalized spacial score (nSPS) is 23.6. The number of aromatic nitrogens is 2. The van der Waals surface area contributed by atoms with Gasteiger partial charge in [-0.3, -0.25) is 0 Å². The van der Waals surface area contributed by atoms with Crippen LogP contribution in [-0.2, 0) is 16.0 Å². The van der Waals surface area contributed by atoms with Gasteiger partial charge in [-0.2, -0.15) is 0 Å². The lowest BCUT2D eigenvalue weighted by atomic mass is 10.0. The molecule has 0 saturated carbocycles. The third kappa shape index (κ3) is 4.33. The highest BCUT2D eigenvalue weighted by atomic mass is 16.6. The fraction of sp³-hybridized carbons (Fsp3) is 0.259. The predicted molar refractivity (Wildman–Crippen MR) is 128 cm³/mol. The van der Waals surface area contributed by atoms with Crippen LogP contribution in [0.2, 0.25) is 0 Å². The van der Waals surface area contributed by atoms with Crippen molar-refractivity contribution in [2.24, 2.45) is 0 Å². The van der Waals surface area contributed by atoms with Crippen LogP contribution in [0.3, 0.4) is 0 Å². The van der Waals surface area contributed by atoms with E-state index in [-0.39, 0.29) is 24.3 Å². The number of hydrogen-bond donors (Lipinski definition) is 2. The van der Waals surface area contributed by atoms with Gasteiger partial charge in [0.2, 0.25) is 5.95 Å². The molecule has 0 radical (unpaired) electrons. The van der Waals surface area contributed by atoms with Crippen molar-refractivity contribution in [3.8, 4) is 22.6 Å². The first-order chi connectivity index (χ1) is 16.8. The summed E-state index contributed by atoms with van der Waals surface area (Å²) in [5.41, 5.74) is 4.51. The second-order valence-corrected chi connectivity index (χ2v) is 8.76. The molecule has 2 fully saturated rings. The molecule has 0 bridgehead atoms. The number of hydrogen-bond acceptors (Lipinski definition) is 6. The molecule has 0 amide bonds. The van der Waals surface area contributed by atoms with Crippen LogP contribution in [-0.4, -0.2) is 47.5 Å². The minimum atomic E-state index is -0.0161. The molecule has 3 N–H and O–H groups in total. The fourth-order valence-corrected chi connectivity index (χ4v) is 4.76. The van der Waals surface area contributed by atoms with Gasteiger partial charge in [-0.1, -0.05) is 54.6 Å². The maximum absolute atomic E-state index is 6.15. The molecule has 2 aromatic carbocycles. The molecule has 4 aromatic rings. The smallest absolute Gasteiger partial charge is 0.223 e. The number of rotatable bonds is 7. The van der Waals surface area contributed by atoms with Gasteiger partial charge in [0.1, 0.15) is 37.1 Å². The Hall–Kier alpha value is -3.52. The van der Waals surface area contributed by atoms with E-state index in [1.807, 2.05) is 24.3 Å². The summed E-state index contributed by atoms with van der Waals surface area (Å²) in [5.74, 6) is 1.27. The zero-order valence-corrected chi connectivity index (χ0v) is 18.7. The Bertz CT molecular complexity index is 1210. The van der Waals surface area contributed by atoms with E-state index in [0.717, 1.165) is 18.0 Å². The Morgan fingerprint density at radius 3 is 2.50 bits per heavy atom. The summed E-state index contributed by atoms with van der Waals surface area (Å²) >= 11 is 0. The lowest BCUT2D eigenvalue weighted by Crippen LogP contribution is -2.91. The molecule has 2 aromatic heterocycles. The number of nitrogens with one attached hydrogen (secondary N) is 1. The average Bonchev–Trinajstić information content (AvgIpc) is 3.64. The molecule has 0 unspecified atom stereocenters. The minimum absolute atomic E-state index is 0.0143. The van der Waals surface area contributed by atoms with E-state index < -0.39 is 0 Å². The molecule has 4 atom stereocenters. The van der Waals surface area contributed by atoms with E-state index >= 15 is 0 Å². The Labute approximate surface area is 198 Å². The lowest BCUT2D eigenvalue weighted by molar-refractivity contribution is -0.707. The second-order valence-electron chi connectivity index (χ2n) is 8.76. The molecule has 7 heteroatoms. The predicted octanol–water partition coefficient (Wildman–Crippen LogP) is 3.11. The van der Waals surface area contributed by atoms with Crippen molar-refractivity contribution in [2.75, 3.05) is 18.5 Å². The highest BCUT2D eigenvalue weighted by Gasteiger charge is 2.49. The summed E-state index contributed by atoms with van der Waals surface area (Å²) in [6.45, 7) is 2.13. The van der Waals surface area contributed by atoms with Crippen molar-refractivity contribution in [1.82, 2.24) is 9.97 Å². The van der Waals surface area contributed by atoms with Crippen molar-refractivity contribution in [2.45, 2.75) is 30.8 Å². The van der Waals surface area contributed by atoms with Crippen molar-refractivity contribution in [3.05, 3.63) is 90.8 Å². The molecular weight excluding hydrogens is 428 g/mol. The number of benzene rings is 2. The minimum Gasteiger partial charge on any atom is -0.463 e. The molecule has 2 saturated heterocycles. The first-order valence-electron chi connectivity index (χ1n) is 11.7.